The van der Waals surface area contributed by atoms with E-state index in [0.29, 0.717) is 5.75 Å². The van der Waals surface area contributed by atoms with Crippen LogP contribution in [0.4, 0.5) is 5.13 Å². The maximum absolute atomic E-state index is 10.2. The number of hydrogen-bond acceptors (Lipinski definition) is 6. The van der Waals surface area contributed by atoms with Crippen LogP contribution in [0.3, 0.4) is 0 Å². The molecule has 1 aromatic rings. The van der Waals surface area contributed by atoms with Crippen molar-refractivity contribution in [2.75, 3.05) is 18.1 Å². The second-order valence-corrected chi connectivity index (χ2v) is 4.43. The van der Waals surface area contributed by atoms with Crippen LogP contribution in [0.5, 0.6) is 0 Å². The average molecular weight is 219 g/mol. The topological polar surface area (TPSA) is 75.1 Å². The van der Waals surface area contributed by atoms with Crippen molar-refractivity contribution >= 4 is 34.2 Å². The van der Waals surface area contributed by atoms with Crippen LogP contribution in [0.2, 0.25) is 0 Å². The summed E-state index contributed by atoms with van der Waals surface area (Å²) in [6.07, 6.45) is 0.152. The van der Waals surface area contributed by atoms with Gasteiger partial charge in [-0.25, -0.2) is 0 Å². The summed E-state index contributed by atoms with van der Waals surface area (Å²) in [7, 11) is 1.77. The molecule has 0 saturated heterocycles. The molecule has 0 atom stereocenters. The standard InChI is InChI=1S/C6H9N3O2S2/c1-7-5-8-9-6(13-5)12-3-2-4(10)11/h2-3H2,1H3,(H,7,8)(H,10,11). The number of rotatable bonds is 5. The molecule has 0 amide bonds. The number of nitrogens with zero attached hydrogens (tertiary/aromatic N) is 2. The number of aliphatic carboxylic acids is 1. The zero-order valence-electron chi connectivity index (χ0n) is 6.98. The highest BCUT2D eigenvalue weighted by molar-refractivity contribution is 8.01. The monoisotopic (exact) mass is 219 g/mol. The smallest absolute Gasteiger partial charge is 0.304 e. The Morgan fingerprint density at radius 1 is 1.69 bits per heavy atom. The van der Waals surface area contributed by atoms with Crippen LogP contribution in [0.1, 0.15) is 6.42 Å². The normalized spacial score (nSPS) is 9.92. The quantitative estimate of drug-likeness (QED) is 0.723. The molecular formula is C6H9N3O2S2. The lowest BCUT2D eigenvalue weighted by Crippen LogP contribution is -1.95. The SMILES string of the molecule is CNc1nnc(SCCC(=O)O)s1. The Kier molecular flexibility index (Phi) is 3.97. The fraction of sp³-hybridized carbons (Fsp3) is 0.500. The lowest BCUT2D eigenvalue weighted by atomic mass is 10.5. The first-order valence-electron chi connectivity index (χ1n) is 3.58. The van der Waals surface area contributed by atoms with Crippen molar-refractivity contribution in [2.24, 2.45) is 0 Å². The van der Waals surface area contributed by atoms with Crippen LogP contribution >= 0.6 is 23.1 Å². The number of carboxylic acids is 1. The van der Waals surface area contributed by atoms with Crippen LogP contribution < -0.4 is 5.32 Å². The molecule has 2 N–H and O–H groups in total. The van der Waals surface area contributed by atoms with Gasteiger partial charge < -0.3 is 10.4 Å². The summed E-state index contributed by atoms with van der Waals surface area (Å²) in [5.74, 6) is -0.251. The van der Waals surface area contributed by atoms with Crippen LogP contribution in [-0.2, 0) is 4.79 Å². The van der Waals surface area contributed by atoms with E-state index in [0.717, 1.165) is 9.47 Å². The van der Waals surface area contributed by atoms with Gasteiger partial charge >= 0.3 is 5.97 Å². The Balaban J connectivity index is 2.32. The first-order valence-corrected chi connectivity index (χ1v) is 5.38. The lowest BCUT2D eigenvalue weighted by Gasteiger charge is -1.91. The first kappa shape index (κ1) is 10.3. The molecule has 0 fully saturated rings. The fourth-order valence-corrected chi connectivity index (χ4v) is 2.30. The predicted octanol–water partition coefficient (Wildman–Crippen LogP) is 1.15. The van der Waals surface area contributed by atoms with Gasteiger partial charge in [-0.2, -0.15) is 0 Å². The van der Waals surface area contributed by atoms with Crippen molar-refractivity contribution in [3.8, 4) is 0 Å². The van der Waals surface area contributed by atoms with Gasteiger partial charge in [-0.05, 0) is 0 Å². The third kappa shape index (κ3) is 3.60. The Hall–Kier alpha value is -0.820. The highest BCUT2D eigenvalue weighted by atomic mass is 32.2. The van der Waals surface area contributed by atoms with E-state index in [9.17, 15) is 4.79 Å². The van der Waals surface area contributed by atoms with E-state index in [-0.39, 0.29) is 6.42 Å². The average Bonchev–Trinajstić information content (AvgIpc) is 2.52. The Morgan fingerprint density at radius 3 is 3.00 bits per heavy atom. The summed E-state index contributed by atoms with van der Waals surface area (Å²) < 4.78 is 0.797. The molecule has 1 rings (SSSR count). The summed E-state index contributed by atoms with van der Waals surface area (Å²) >= 11 is 2.83. The molecule has 5 nitrogen and oxygen atoms in total. The van der Waals surface area contributed by atoms with Gasteiger partial charge in [0.2, 0.25) is 5.13 Å². The number of carboxylic acid groups (broad SMARTS) is 1. The molecule has 0 spiro atoms. The number of anilines is 1. The third-order valence-corrected chi connectivity index (χ3v) is 3.24. The third-order valence-electron chi connectivity index (χ3n) is 1.16. The molecule has 7 heteroatoms. The molecule has 0 aliphatic rings. The zero-order chi connectivity index (χ0) is 9.68. The molecule has 0 aliphatic heterocycles. The van der Waals surface area contributed by atoms with Crippen LogP contribution in [0.15, 0.2) is 4.34 Å². The van der Waals surface area contributed by atoms with Gasteiger partial charge in [-0.15, -0.1) is 10.2 Å². The fourth-order valence-electron chi connectivity index (χ4n) is 0.595. The van der Waals surface area contributed by atoms with Crippen LogP contribution in [0.25, 0.3) is 0 Å². The number of carbonyl (C=O) groups is 1. The van der Waals surface area contributed by atoms with E-state index in [1.807, 2.05) is 0 Å². The predicted molar refractivity (Wildman–Crippen MR) is 52.4 cm³/mol. The number of hydrogen-bond donors (Lipinski definition) is 2. The van der Waals surface area contributed by atoms with E-state index in [1.54, 1.807) is 7.05 Å². The van der Waals surface area contributed by atoms with Crippen molar-refractivity contribution in [3.63, 3.8) is 0 Å². The maximum Gasteiger partial charge on any atom is 0.304 e. The van der Waals surface area contributed by atoms with Crippen molar-refractivity contribution < 1.29 is 9.90 Å². The molecule has 1 aromatic heterocycles. The highest BCUT2D eigenvalue weighted by Crippen LogP contribution is 2.25. The van der Waals surface area contributed by atoms with Crippen molar-refractivity contribution in [3.05, 3.63) is 0 Å². The second-order valence-electron chi connectivity index (χ2n) is 2.12. The molecular weight excluding hydrogens is 210 g/mol. The molecule has 1 heterocycles. The molecule has 0 aromatic carbocycles. The van der Waals surface area contributed by atoms with Gasteiger partial charge in [0.05, 0.1) is 6.42 Å². The lowest BCUT2D eigenvalue weighted by molar-refractivity contribution is -0.136. The van der Waals surface area contributed by atoms with Crippen molar-refractivity contribution in [2.45, 2.75) is 10.8 Å². The molecule has 0 radical (unpaired) electrons. The largest absolute Gasteiger partial charge is 0.481 e. The number of thioether (sulfide) groups is 1. The molecule has 0 unspecified atom stereocenters. The maximum atomic E-state index is 10.2. The molecule has 0 bridgehead atoms. The highest BCUT2D eigenvalue weighted by Gasteiger charge is 2.04. The van der Waals surface area contributed by atoms with Gasteiger partial charge in [-0.3, -0.25) is 4.79 Å². The van der Waals surface area contributed by atoms with Crippen molar-refractivity contribution in [1.82, 2.24) is 10.2 Å². The Bertz CT molecular complexity index is 289. The molecule has 13 heavy (non-hydrogen) atoms. The van der Waals surface area contributed by atoms with Gasteiger partial charge in [0.1, 0.15) is 0 Å². The minimum Gasteiger partial charge on any atom is -0.481 e. The van der Waals surface area contributed by atoms with Gasteiger partial charge in [0, 0.05) is 12.8 Å². The van der Waals surface area contributed by atoms with Gasteiger partial charge in [-0.1, -0.05) is 23.1 Å². The van der Waals surface area contributed by atoms with Crippen LogP contribution in [-0.4, -0.2) is 34.1 Å². The van der Waals surface area contributed by atoms with Crippen molar-refractivity contribution in [1.29, 1.82) is 0 Å². The molecule has 72 valence electrons. The van der Waals surface area contributed by atoms with E-state index < -0.39 is 5.97 Å². The molecule has 0 saturated carbocycles. The van der Waals surface area contributed by atoms with Gasteiger partial charge in [0.15, 0.2) is 4.34 Å². The Labute approximate surface area is 83.6 Å². The summed E-state index contributed by atoms with van der Waals surface area (Å²) in [6.45, 7) is 0. The van der Waals surface area contributed by atoms with E-state index in [2.05, 4.69) is 15.5 Å². The zero-order valence-corrected chi connectivity index (χ0v) is 8.61. The van der Waals surface area contributed by atoms with E-state index in [1.165, 1.54) is 23.1 Å². The minimum atomic E-state index is -0.786. The van der Waals surface area contributed by atoms with E-state index >= 15 is 0 Å². The summed E-state index contributed by atoms with van der Waals surface area (Å²) in [5, 5.41) is 19.7. The number of aromatic nitrogens is 2. The summed E-state index contributed by atoms with van der Waals surface area (Å²) in [5.41, 5.74) is 0. The molecule has 0 aliphatic carbocycles. The second kappa shape index (κ2) is 5.03. The summed E-state index contributed by atoms with van der Waals surface area (Å²) in [6, 6.07) is 0. The van der Waals surface area contributed by atoms with Crippen LogP contribution in [0, 0.1) is 0 Å². The minimum absolute atomic E-state index is 0.152. The van der Waals surface area contributed by atoms with Gasteiger partial charge in [0.25, 0.3) is 0 Å². The summed E-state index contributed by atoms with van der Waals surface area (Å²) in [4.78, 5) is 10.2. The first-order chi connectivity index (χ1) is 6.22. The Morgan fingerprint density at radius 2 is 2.46 bits per heavy atom. The number of nitrogens with one attached hydrogen (secondary N) is 1. The van der Waals surface area contributed by atoms with E-state index in [4.69, 9.17) is 5.11 Å².